The van der Waals surface area contributed by atoms with E-state index in [9.17, 15) is 20.2 Å². The Morgan fingerprint density at radius 2 is 0.783 bits per heavy atom. The Morgan fingerprint density at radius 1 is 0.478 bits per heavy atom. The van der Waals surface area contributed by atoms with Crippen molar-refractivity contribution in [3.8, 4) is 23.0 Å². The van der Waals surface area contributed by atoms with Crippen molar-refractivity contribution in [1.82, 2.24) is 0 Å². The number of hydrogen-bond acceptors (Lipinski definition) is 8. The maximum Gasteiger partial charge on any atom is 0.269 e. The second kappa shape index (κ2) is 15.5. The molecule has 10 heteroatoms. The SMILES string of the molecule is O=[N+]([O-])c1ccc(Oc2ccc(C=NCCc3ccc(CCN=Cc4ccc(Oc5ccc([N+](=O)[O-])cc5)cc4)cc3)cc2)cc1. The minimum Gasteiger partial charge on any atom is -0.457 e. The Morgan fingerprint density at radius 3 is 1.09 bits per heavy atom. The lowest BCUT2D eigenvalue weighted by Crippen LogP contribution is -1.94. The van der Waals surface area contributed by atoms with Crippen LogP contribution in [0.25, 0.3) is 0 Å². The molecule has 0 aliphatic rings. The summed E-state index contributed by atoms with van der Waals surface area (Å²) in [5.41, 5.74) is 4.39. The third kappa shape index (κ3) is 9.42. The molecule has 10 nitrogen and oxygen atoms in total. The quantitative estimate of drug-likeness (QED) is 0.0701. The van der Waals surface area contributed by atoms with Crippen molar-refractivity contribution in [2.24, 2.45) is 9.98 Å². The number of rotatable bonds is 14. The van der Waals surface area contributed by atoms with Gasteiger partial charge in [0.15, 0.2) is 0 Å². The number of hydrogen-bond donors (Lipinski definition) is 0. The van der Waals surface area contributed by atoms with E-state index in [-0.39, 0.29) is 11.4 Å². The van der Waals surface area contributed by atoms with Gasteiger partial charge in [-0.05, 0) is 108 Å². The Bertz CT molecular complexity index is 1670. The molecule has 0 amide bonds. The van der Waals surface area contributed by atoms with Gasteiger partial charge >= 0.3 is 0 Å². The molecule has 5 aromatic carbocycles. The Labute approximate surface area is 265 Å². The van der Waals surface area contributed by atoms with E-state index in [1.54, 1.807) is 24.3 Å². The van der Waals surface area contributed by atoms with Gasteiger partial charge in [0, 0.05) is 49.8 Å². The van der Waals surface area contributed by atoms with Crippen LogP contribution < -0.4 is 9.47 Å². The second-order valence-corrected chi connectivity index (χ2v) is 10.2. The molecule has 5 aromatic rings. The highest BCUT2D eigenvalue weighted by molar-refractivity contribution is 5.80. The number of aliphatic imine (C=N–C) groups is 2. The highest BCUT2D eigenvalue weighted by Gasteiger charge is 2.06. The minimum atomic E-state index is -0.443. The number of nitro groups is 2. The minimum absolute atomic E-state index is 0.0216. The van der Waals surface area contributed by atoms with E-state index < -0.39 is 9.85 Å². The summed E-state index contributed by atoms with van der Waals surface area (Å²) in [5.74, 6) is 2.34. The van der Waals surface area contributed by atoms with Crippen LogP contribution in [0.4, 0.5) is 11.4 Å². The predicted octanol–water partition coefficient (Wildman–Crippen LogP) is 8.41. The molecule has 0 bridgehead atoms. The lowest BCUT2D eigenvalue weighted by molar-refractivity contribution is -0.385. The van der Waals surface area contributed by atoms with Gasteiger partial charge in [-0.3, -0.25) is 30.2 Å². The maximum absolute atomic E-state index is 10.8. The third-order valence-electron chi connectivity index (χ3n) is 6.89. The first-order chi connectivity index (χ1) is 22.4. The van der Waals surface area contributed by atoms with Gasteiger partial charge in [0.05, 0.1) is 9.85 Å². The monoisotopic (exact) mass is 614 g/mol. The molecule has 0 atom stereocenters. The van der Waals surface area contributed by atoms with Crippen LogP contribution in [0, 0.1) is 20.2 Å². The van der Waals surface area contributed by atoms with E-state index in [0.717, 1.165) is 24.0 Å². The fourth-order valence-electron chi connectivity index (χ4n) is 4.39. The summed E-state index contributed by atoms with van der Waals surface area (Å²) in [4.78, 5) is 29.8. The molecule has 0 aliphatic carbocycles. The molecule has 0 saturated carbocycles. The van der Waals surface area contributed by atoms with Crippen molar-refractivity contribution in [1.29, 1.82) is 0 Å². The zero-order chi connectivity index (χ0) is 32.1. The first-order valence-electron chi connectivity index (χ1n) is 14.5. The lowest BCUT2D eigenvalue weighted by atomic mass is 10.1. The van der Waals surface area contributed by atoms with Gasteiger partial charge in [-0.1, -0.05) is 24.3 Å². The van der Waals surface area contributed by atoms with Crippen LogP contribution in [-0.4, -0.2) is 35.4 Å². The standard InChI is InChI=1S/C36H30N4O6/c41-39(42)31-9-17-35(18-10-31)45-33-13-5-29(6-14-33)25-37-23-21-27-1-2-28(4-3-27)22-24-38-26-30-7-15-34(16-8-30)46-36-19-11-32(12-20-36)40(43)44/h1-20,25-26H,21-24H2. The molecule has 0 fully saturated rings. The Balaban J connectivity index is 1.00. The van der Waals surface area contributed by atoms with Crippen LogP contribution in [0.5, 0.6) is 23.0 Å². The van der Waals surface area contributed by atoms with Crippen LogP contribution >= 0.6 is 0 Å². The molecule has 0 heterocycles. The average molecular weight is 615 g/mol. The number of ether oxygens (including phenoxy) is 2. The summed E-state index contributed by atoms with van der Waals surface area (Å²) in [6, 6.07) is 35.4. The number of benzene rings is 5. The molecular formula is C36H30N4O6. The molecule has 46 heavy (non-hydrogen) atoms. The molecule has 230 valence electrons. The van der Waals surface area contributed by atoms with Crippen molar-refractivity contribution in [2.75, 3.05) is 13.1 Å². The van der Waals surface area contributed by atoms with E-state index in [0.29, 0.717) is 36.1 Å². The first kappa shape index (κ1) is 31.3. The normalized spacial score (nSPS) is 11.1. The zero-order valence-electron chi connectivity index (χ0n) is 24.8. The number of nitro benzene ring substituents is 2. The fraction of sp³-hybridized carbons (Fsp3) is 0.111. The second-order valence-electron chi connectivity index (χ2n) is 10.2. The van der Waals surface area contributed by atoms with Gasteiger partial charge in [-0.25, -0.2) is 0 Å². The van der Waals surface area contributed by atoms with E-state index in [1.807, 2.05) is 61.0 Å². The van der Waals surface area contributed by atoms with Gasteiger partial charge in [-0.15, -0.1) is 0 Å². The van der Waals surface area contributed by atoms with Crippen LogP contribution in [0.1, 0.15) is 22.3 Å². The molecule has 0 aromatic heterocycles. The Kier molecular flexibility index (Phi) is 10.6. The fourth-order valence-corrected chi connectivity index (χ4v) is 4.39. The van der Waals surface area contributed by atoms with Crippen molar-refractivity contribution in [2.45, 2.75) is 12.8 Å². The summed E-state index contributed by atoms with van der Waals surface area (Å²) >= 11 is 0. The van der Waals surface area contributed by atoms with Crippen molar-refractivity contribution >= 4 is 23.8 Å². The summed E-state index contributed by atoms with van der Waals surface area (Å²) in [6.45, 7) is 1.34. The largest absolute Gasteiger partial charge is 0.457 e. The van der Waals surface area contributed by atoms with Crippen LogP contribution in [0.3, 0.4) is 0 Å². The van der Waals surface area contributed by atoms with E-state index >= 15 is 0 Å². The average Bonchev–Trinajstić information content (AvgIpc) is 3.07. The highest BCUT2D eigenvalue weighted by Crippen LogP contribution is 2.25. The molecule has 0 N–H and O–H groups in total. The van der Waals surface area contributed by atoms with E-state index in [2.05, 4.69) is 34.3 Å². The number of nitrogens with zero attached hydrogens (tertiary/aromatic N) is 4. The lowest BCUT2D eigenvalue weighted by Gasteiger charge is -2.05. The van der Waals surface area contributed by atoms with Gasteiger partial charge in [0.25, 0.3) is 11.4 Å². The van der Waals surface area contributed by atoms with E-state index in [1.165, 1.54) is 35.4 Å². The topological polar surface area (TPSA) is 129 Å². The summed E-state index contributed by atoms with van der Waals surface area (Å²) in [7, 11) is 0. The molecule has 0 unspecified atom stereocenters. The van der Waals surface area contributed by atoms with Gasteiger partial charge in [0.1, 0.15) is 23.0 Å². The smallest absolute Gasteiger partial charge is 0.269 e. The Hall–Kier alpha value is -6.16. The van der Waals surface area contributed by atoms with Crippen LogP contribution in [-0.2, 0) is 12.8 Å². The van der Waals surface area contributed by atoms with Crippen LogP contribution in [0.15, 0.2) is 131 Å². The molecular weight excluding hydrogens is 584 g/mol. The van der Waals surface area contributed by atoms with Gasteiger partial charge in [0.2, 0.25) is 0 Å². The summed E-state index contributed by atoms with van der Waals surface area (Å²) < 4.78 is 11.5. The van der Waals surface area contributed by atoms with E-state index in [4.69, 9.17) is 9.47 Å². The third-order valence-corrected chi connectivity index (χ3v) is 6.89. The van der Waals surface area contributed by atoms with Crippen molar-refractivity contribution in [3.05, 3.63) is 164 Å². The van der Waals surface area contributed by atoms with Crippen molar-refractivity contribution in [3.63, 3.8) is 0 Å². The molecule has 0 aliphatic heterocycles. The summed E-state index contributed by atoms with van der Waals surface area (Å²) in [6.07, 6.45) is 5.34. The summed E-state index contributed by atoms with van der Waals surface area (Å²) in [5, 5.41) is 21.6. The molecule has 0 radical (unpaired) electrons. The van der Waals surface area contributed by atoms with Crippen molar-refractivity contribution < 1.29 is 19.3 Å². The number of non-ortho nitro benzene ring substituents is 2. The molecule has 0 saturated heterocycles. The molecule has 0 spiro atoms. The zero-order valence-corrected chi connectivity index (χ0v) is 24.8. The maximum atomic E-state index is 10.8. The van der Waals surface area contributed by atoms with Gasteiger partial charge < -0.3 is 9.47 Å². The molecule has 5 rings (SSSR count). The van der Waals surface area contributed by atoms with Gasteiger partial charge in [-0.2, -0.15) is 0 Å². The van der Waals surface area contributed by atoms with Crippen LogP contribution in [0.2, 0.25) is 0 Å². The predicted molar refractivity (Wildman–Crippen MR) is 178 cm³/mol. The highest BCUT2D eigenvalue weighted by atomic mass is 16.6. The first-order valence-corrected chi connectivity index (χ1v) is 14.5.